The van der Waals surface area contributed by atoms with Crippen LogP contribution in [-0.2, 0) is 23.7 Å². The van der Waals surface area contributed by atoms with E-state index in [4.69, 9.17) is 18.9 Å². The minimum absolute atomic E-state index is 0.248. The van der Waals surface area contributed by atoms with Crippen LogP contribution in [0.4, 0.5) is 0 Å². The molecule has 2 saturated heterocycles. The van der Waals surface area contributed by atoms with E-state index in [0.29, 0.717) is 12.8 Å². The molecule has 0 aromatic carbocycles. The van der Waals surface area contributed by atoms with E-state index in [1.54, 1.807) is 6.08 Å². The molecule has 0 spiro atoms. The van der Waals surface area contributed by atoms with Crippen molar-refractivity contribution in [3.8, 4) is 0 Å². The Kier molecular flexibility index (Phi) is 29.2. The predicted molar refractivity (Wildman–Crippen MR) is 221 cm³/mol. The summed E-state index contributed by atoms with van der Waals surface area (Å²) in [5.41, 5.74) is 0. The van der Waals surface area contributed by atoms with Crippen LogP contribution in [0.2, 0.25) is 0 Å². The molecule has 0 radical (unpaired) electrons. The summed E-state index contributed by atoms with van der Waals surface area (Å²) in [6.07, 6.45) is 16.7. The topological polar surface area (TPSA) is 228 Å². The van der Waals surface area contributed by atoms with Crippen molar-refractivity contribution in [1.29, 1.82) is 0 Å². The van der Waals surface area contributed by atoms with Gasteiger partial charge in [0.1, 0.15) is 48.8 Å². The zero-order chi connectivity index (χ0) is 42.5. The lowest BCUT2D eigenvalue weighted by Gasteiger charge is -2.46. The molecule has 0 aromatic heterocycles. The monoisotopic (exact) mass is 832 g/mol. The Morgan fingerprint density at radius 2 is 1.10 bits per heavy atom. The van der Waals surface area contributed by atoms with Crippen LogP contribution in [-0.4, -0.2) is 140 Å². The molecule has 2 aliphatic rings. The zero-order valence-corrected chi connectivity index (χ0v) is 35.5. The van der Waals surface area contributed by atoms with Crippen molar-refractivity contribution >= 4 is 5.91 Å². The lowest BCUT2D eigenvalue weighted by Crippen LogP contribution is -2.65. The van der Waals surface area contributed by atoms with Crippen molar-refractivity contribution in [2.24, 2.45) is 0 Å². The fourth-order valence-corrected chi connectivity index (χ4v) is 7.34. The summed E-state index contributed by atoms with van der Waals surface area (Å²) >= 11 is 0. The highest BCUT2D eigenvalue weighted by molar-refractivity contribution is 5.76. The maximum Gasteiger partial charge on any atom is 0.220 e. The van der Waals surface area contributed by atoms with Gasteiger partial charge in [-0.1, -0.05) is 141 Å². The summed E-state index contributed by atoms with van der Waals surface area (Å²) in [5.74, 6) is -0.286. The molecular formula is C44H81NO13. The summed E-state index contributed by atoms with van der Waals surface area (Å²) in [6.45, 7) is 2.49. The Hall–Kier alpha value is -1.53. The van der Waals surface area contributed by atoms with Crippen LogP contribution in [0.1, 0.15) is 155 Å². The number of rotatable bonds is 33. The third-order valence-corrected chi connectivity index (χ3v) is 11.1. The van der Waals surface area contributed by atoms with E-state index >= 15 is 0 Å². The molecule has 58 heavy (non-hydrogen) atoms. The molecule has 0 saturated carbocycles. The molecule has 0 aliphatic carbocycles. The SMILES string of the molecule is CCCCCCCCCCCCCCCCCC/C=C/CC/C=C/C(O)C(COC1OC(CO)C(OC2OC(CO)C(O)C(O)C2O)C(O)C1O)NC(=O)CCCC. The first-order valence-corrected chi connectivity index (χ1v) is 22.6. The molecule has 9 N–H and O–H groups in total. The molecule has 340 valence electrons. The number of amides is 1. The highest BCUT2D eigenvalue weighted by Crippen LogP contribution is 2.30. The lowest BCUT2D eigenvalue weighted by atomic mass is 9.97. The van der Waals surface area contributed by atoms with E-state index in [2.05, 4.69) is 24.4 Å². The first-order valence-electron chi connectivity index (χ1n) is 22.6. The fourth-order valence-electron chi connectivity index (χ4n) is 7.34. The fraction of sp³-hybridized carbons (Fsp3) is 0.886. The van der Waals surface area contributed by atoms with Gasteiger partial charge < -0.3 is 65.1 Å². The normalized spacial score (nSPS) is 29.0. The minimum Gasteiger partial charge on any atom is -0.394 e. The average molecular weight is 832 g/mol. The number of aliphatic hydroxyl groups excluding tert-OH is 8. The van der Waals surface area contributed by atoms with Crippen LogP contribution in [0.25, 0.3) is 0 Å². The molecule has 2 fully saturated rings. The van der Waals surface area contributed by atoms with Crippen molar-refractivity contribution in [1.82, 2.24) is 5.32 Å². The van der Waals surface area contributed by atoms with Crippen LogP contribution in [0, 0.1) is 0 Å². The van der Waals surface area contributed by atoms with Gasteiger partial charge in [0.05, 0.1) is 32.0 Å². The summed E-state index contributed by atoms with van der Waals surface area (Å²) in [7, 11) is 0. The highest BCUT2D eigenvalue weighted by atomic mass is 16.7. The minimum atomic E-state index is -1.79. The quantitative estimate of drug-likeness (QED) is 0.0334. The molecule has 2 rings (SSSR count). The molecule has 2 aliphatic heterocycles. The van der Waals surface area contributed by atoms with E-state index in [0.717, 1.165) is 19.3 Å². The number of carbonyl (C=O) groups is 1. The second-order valence-corrected chi connectivity index (χ2v) is 16.2. The molecule has 2 heterocycles. The molecule has 0 aromatic rings. The van der Waals surface area contributed by atoms with E-state index in [1.165, 1.54) is 103 Å². The molecule has 14 heteroatoms. The average Bonchev–Trinajstić information content (AvgIpc) is 3.22. The van der Waals surface area contributed by atoms with E-state index in [-0.39, 0.29) is 18.9 Å². The van der Waals surface area contributed by atoms with Crippen molar-refractivity contribution in [2.45, 2.75) is 229 Å². The number of allylic oxidation sites excluding steroid dienone is 3. The standard InChI is InChI=1S/C44H81NO13/c1-3-5-7-8-9-10-11-12-13-14-15-16-17-18-19-20-21-22-23-24-25-26-27-33(48)32(45-36(49)28-6-4-2)31-55-43-41(54)39(52)42(35(30-47)57-43)58-44-40(53)38(51)37(50)34(29-46)56-44/h22-23,26-27,32-35,37-44,46-48,50-54H,3-21,24-25,28-31H2,1-2H3,(H,45,49)/b23-22+,27-26+. The molecular weight excluding hydrogens is 750 g/mol. The molecule has 1 amide bonds. The molecule has 0 bridgehead atoms. The third kappa shape index (κ3) is 20.4. The van der Waals surface area contributed by atoms with Crippen LogP contribution in [0.15, 0.2) is 24.3 Å². The van der Waals surface area contributed by atoms with E-state index < -0.39 is 86.8 Å². The van der Waals surface area contributed by atoms with Crippen LogP contribution < -0.4 is 5.32 Å². The maximum atomic E-state index is 12.6. The Morgan fingerprint density at radius 1 is 0.603 bits per heavy atom. The van der Waals surface area contributed by atoms with Crippen LogP contribution in [0.5, 0.6) is 0 Å². The first kappa shape index (κ1) is 52.6. The Bertz CT molecular complexity index is 1080. The first-order chi connectivity index (χ1) is 28.1. The lowest BCUT2D eigenvalue weighted by molar-refractivity contribution is -0.359. The van der Waals surface area contributed by atoms with Gasteiger partial charge in [-0.3, -0.25) is 4.79 Å². The molecule has 14 nitrogen and oxygen atoms in total. The number of nitrogens with one attached hydrogen (secondary N) is 1. The summed E-state index contributed by atoms with van der Waals surface area (Å²) in [6, 6.07) is -0.922. The number of unbranched alkanes of at least 4 members (excludes halogenated alkanes) is 18. The maximum absolute atomic E-state index is 12.6. The zero-order valence-electron chi connectivity index (χ0n) is 35.5. The molecule has 12 unspecified atom stereocenters. The van der Waals surface area contributed by atoms with Crippen molar-refractivity contribution < 1.29 is 64.6 Å². The number of hydrogen-bond donors (Lipinski definition) is 9. The van der Waals surface area contributed by atoms with Gasteiger partial charge in [-0.25, -0.2) is 0 Å². The van der Waals surface area contributed by atoms with Crippen molar-refractivity contribution in [2.75, 3.05) is 19.8 Å². The van der Waals surface area contributed by atoms with Gasteiger partial charge >= 0.3 is 0 Å². The summed E-state index contributed by atoms with van der Waals surface area (Å²) in [5, 5.41) is 85.7. The van der Waals surface area contributed by atoms with Crippen molar-refractivity contribution in [3.63, 3.8) is 0 Å². The second kappa shape index (κ2) is 32.2. The van der Waals surface area contributed by atoms with Gasteiger partial charge in [0.2, 0.25) is 5.91 Å². The van der Waals surface area contributed by atoms with Gasteiger partial charge in [-0.15, -0.1) is 0 Å². The van der Waals surface area contributed by atoms with Crippen LogP contribution >= 0.6 is 0 Å². The number of carbonyl (C=O) groups excluding carboxylic acids is 1. The Labute approximate surface area is 348 Å². The van der Waals surface area contributed by atoms with Crippen LogP contribution in [0.3, 0.4) is 0 Å². The van der Waals surface area contributed by atoms with Gasteiger partial charge in [0.15, 0.2) is 12.6 Å². The second-order valence-electron chi connectivity index (χ2n) is 16.2. The Balaban J connectivity index is 1.72. The smallest absolute Gasteiger partial charge is 0.220 e. The highest BCUT2D eigenvalue weighted by Gasteiger charge is 2.50. The van der Waals surface area contributed by atoms with Gasteiger partial charge in [-0.2, -0.15) is 0 Å². The van der Waals surface area contributed by atoms with Crippen molar-refractivity contribution in [3.05, 3.63) is 24.3 Å². The van der Waals surface area contributed by atoms with Gasteiger partial charge in [0, 0.05) is 6.42 Å². The predicted octanol–water partition coefficient (Wildman–Crippen LogP) is 4.21. The Morgan fingerprint density at radius 3 is 1.67 bits per heavy atom. The van der Waals surface area contributed by atoms with E-state index in [1.807, 2.05) is 13.0 Å². The molecule has 12 atom stereocenters. The van der Waals surface area contributed by atoms with Gasteiger partial charge in [-0.05, 0) is 32.1 Å². The van der Waals surface area contributed by atoms with E-state index in [9.17, 15) is 45.6 Å². The number of hydrogen-bond acceptors (Lipinski definition) is 13. The van der Waals surface area contributed by atoms with Gasteiger partial charge in [0.25, 0.3) is 0 Å². The summed E-state index contributed by atoms with van der Waals surface area (Å²) < 4.78 is 22.4. The number of ether oxygens (including phenoxy) is 4. The largest absolute Gasteiger partial charge is 0.394 e. The summed E-state index contributed by atoms with van der Waals surface area (Å²) in [4.78, 5) is 12.6. The third-order valence-electron chi connectivity index (χ3n) is 11.1. The number of aliphatic hydroxyl groups is 8.